The molecular weight excluding hydrogens is 266 g/mol. The summed E-state index contributed by atoms with van der Waals surface area (Å²) < 4.78 is 22.8. The molecule has 1 fully saturated rings. The highest BCUT2D eigenvalue weighted by Gasteiger charge is 2.23. The molecule has 0 aromatic heterocycles. The first kappa shape index (κ1) is 13.9. The first-order valence-corrected chi connectivity index (χ1v) is 7.92. The first-order chi connectivity index (χ1) is 8.80. The zero-order valence-electron chi connectivity index (χ0n) is 11.0. The fourth-order valence-electron chi connectivity index (χ4n) is 2.22. The quantitative estimate of drug-likeness (QED) is 0.883. The highest BCUT2D eigenvalue weighted by Crippen LogP contribution is 2.24. The van der Waals surface area contributed by atoms with Crippen LogP contribution >= 0.6 is 0 Å². The molecule has 0 amide bonds. The number of benzene rings is 1. The minimum Gasteiger partial charge on any atom is -0.478 e. The molecule has 19 heavy (non-hydrogen) atoms. The van der Waals surface area contributed by atoms with Crippen LogP contribution in [0.4, 0.5) is 5.69 Å². The number of anilines is 1. The van der Waals surface area contributed by atoms with Gasteiger partial charge in [-0.3, -0.25) is 0 Å². The summed E-state index contributed by atoms with van der Waals surface area (Å²) in [7, 11) is -2.93. The van der Waals surface area contributed by atoms with Crippen LogP contribution in [0.3, 0.4) is 0 Å². The van der Waals surface area contributed by atoms with E-state index in [0.29, 0.717) is 13.1 Å². The van der Waals surface area contributed by atoms with E-state index in [1.807, 2.05) is 17.9 Å². The normalized spacial score (nSPS) is 18.3. The highest BCUT2D eigenvalue weighted by atomic mass is 32.2. The summed E-state index contributed by atoms with van der Waals surface area (Å²) >= 11 is 0. The van der Waals surface area contributed by atoms with E-state index in [1.165, 1.54) is 0 Å². The second kappa shape index (κ2) is 4.85. The van der Waals surface area contributed by atoms with Gasteiger partial charge in [0.25, 0.3) is 0 Å². The highest BCUT2D eigenvalue weighted by molar-refractivity contribution is 7.91. The Morgan fingerprint density at radius 2 is 1.79 bits per heavy atom. The lowest BCUT2D eigenvalue weighted by molar-refractivity contribution is 0.0696. The SMILES string of the molecule is Cc1cc(N2CCS(=O)(=O)CC2)cc(C(=O)O)c1C. The van der Waals surface area contributed by atoms with Gasteiger partial charge in [-0.25, -0.2) is 13.2 Å². The third-order valence-electron chi connectivity index (χ3n) is 3.59. The number of carboxylic acid groups (broad SMARTS) is 1. The van der Waals surface area contributed by atoms with E-state index >= 15 is 0 Å². The van der Waals surface area contributed by atoms with Gasteiger partial charge in [0.05, 0.1) is 17.1 Å². The van der Waals surface area contributed by atoms with Gasteiger partial charge in [-0.05, 0) is 37.1 Å². The van der Waals surface area contributed by atoms with Crippen LogP contribution in [0.15, 0.2) is 12.1 Å². The Hall–Kier alpha value is -1.56. The number of carbonyl (C=O) groups is 1. The second-order valence-electron chi connectivity index (χ2n) is 4.88. The van der Waals surface area contributed by atoms with Crippen molar-refractivity contribution in [3.63, 3.8) is 0 Å². The first-order valence-electron chi connectivity index (χ1n) is 6.10. The van der Waals surface area contributed by atoms with Gasteiger partial charge in [-0.15, -0.1) is 0 Å². The molecule has 0 radical (unpaired) electrons. The lowest BCUT2D eigenvalue weighted by Gasteiger charge is -2.29. The maximum Gasteiger partial charge on any atom is 0.336 e. The van der Waals surface area contributed by atoms with Crippen LogP contribution in [0.1, 0.15) is 21.5 Å². The van der Waals surface area contributed by atoms with Crippen molar-refractivity contribution < 1.29 is 18.3 Å². The van der Waals surface area contributed by atoms with Crippen molar-refractivity contribution in [2.24, 2.45) is 0 Å². The topological polar surface area (TPSA) is 74.7 Å². The maximum atomic E-state index is 11.4. The summed E-state index contributed by atoms with van der Waals surface area (Å²) in [6.45, 7) is 4.49. The molecule has 2 rings (SSSR count). The van der Waals surface area contributed by atoms with Gasteiger partial charge >= 0.3 is 5.97 Å². The molecule has 0 bridgehead atoms. The fraction of sp³-hybridized carbons (Fsp3) is 0.462. The Balaban J connectivity index is 2.34. The Kier molecular flexibility index (Phi) is 3.54. The van der Waals surface area contributed by atoms with Crippen molar-refractivity contribution >= 4 is 21.5 Å². The summed E-state index contributed by atoms with van der Waals surface area (Å²) in [5.74, 6) is -0.697. The molecule has 104 valence electrons. The van der Waals surface area contributed by atoms with Gasteiger partial charge in [-0.1, -0.05) is 0 Å². The summed E-state index contributed by atoms with van der Waals surface area (Å²) in [5, 5.41) is 9.18. The summed E-state index contributed by atoms with van der Waals surface area (Å²) in [4.78, 5) is 13.1. The van der Waals surface area contributed by atoms with Gasteiger partial charge in [0.2, 0.25) is 0 Å². The van der Waals surface area contributed by atoms with Crippen LogP contribution in [-0.2, 0) is 9.84 Å². The van der Waals surface area contributed by atoms with E-state index < -0.39 is 15.8 Å². The summed E-state index contributed by atoms with van der Waals surface area (Å²) in [6, 6.07) is 3.54. The van der Waals surface area contributed by atoms with Gasteiger partial charge in [0, 0.05) is 18.8 Å². The van der Waals surface area contributed by atoms with Crippen molar-refractivity contribution in [2.45, 2.75) is 13.8 Å². The predicted molar refractivity (Wildman–Crippen MR) is 73.7 cm³/mol. The molecule has 6 heteroatoms. The van der Waals surface area contributed by atoms with Gasteiger partial charge < -0.3 is 10.0 Å². The number of aryl methyl sites for hydroxylation is 1. The van der Waals surface area contributed by atoms with Crippen LogP contribution < -0.4 is 4.90 Å². The van der Waals surface area contributed by atoms with E-state index in [-0.39, 0.29) is 17.1 Å². The number of nitrogens with zero attached hydrogens (tertiary/aromatic N) is 1. The number of sulfone groups is 1. The molecule has 1 N–H and O–H groups in total. The third-order valence-corrected chi connectivity index (χ3v) is 5.20. The molecule has 0 spiro atoms. The monoisotopic (exact) mass is 283 g/mol. The van der Waals surface area contributed by atoms with Crippen LogP contribution in [0, 0.1) is 13.8 Å². The van der Waals surface area contributed by atoms with Gasteiger partial charge in [0.1, 0.15) is 0 Å². The van der Waals surface area contributed by atoms with Crippen molar-refractivity contribution in [1.29, 1.82) is 0 Å². The number of hydrogen-bond acceptors (Lipinski definition) is 4. The molecule has 1 aliphatic rings. The molecule has 1 aromatic rings. The molecule has 1 saturated heterocycles. The van der Waals surface area contributed by atoms with Crippen molar-refractivity contribution in [3.8, 4) is 0 Å². The minimum absolute atomic E-state index is 0.127. The molecule has 5 nitrogen and oxygen atoms in total. The van der Waals surface area contributed by atoms with Crippen LogP contribution in [-0.4, -0.2) is 44.1 Å². The molecule has 0 atom stereocenters. The van der Waals surface area contributed by atoms with E-state index in [9.17, 15) is 18.3 Å². The molecule has 1 heterocycles. The van der Waals surface area contributed by atoms with E-state index in [0.717, 1.165) is 16.8 Å². The van der Waals surface area contributed by atoms with E-state index in [4.69, 9.17) is 0 Å². The molecule has 1 aromatic carbocycles. The van der Waals surface area contributed by atoms with E-state index in [1.54, 1.807) is 13.0 Å². The number of aromatic carboxylic acids is 1. The lowest BCUT2D eigenvalue weighted by atomic mass is 10.0. The smallest absolute Gasteiger partial charge is 0.336 e. The lowest BCUT2D eigenvalue weighted by Crippen LogP contribution is -2.40. The molecule has 0 aliphatic carbocycles. The summed E-state index contributed by atoms with van der Waals surface area (Å²) in [5.41, 5.74) is 2.73. The third kappa shape index (κ3) is 2.89. The van der Waals surface area contributed by atoms with E-state index in [2.05, 4.69) is 0 Å². The molecular formula is C13H17NO4S. The molecule has 0 saturated carbocycles. The predicted octanol–water partition coefficient (Wildman–Crippen LogP) is 1.24. The zero-order valence-corrected chi connectivity index (χ0v) is 11.8. The van der Waals surface area contributed by atoms with Crippen LogP contribution in [0.5, 0.6) is 0 Å². The Morgan fingerprint density at radius 1 is 1.21 bits per heavy atom. The number of carboxylic acids is 1. The summed E-state index contributed by atoms with van der Waals surface area (Å²) in [6.07, 6.45) is 0. The second-order valence-corrected chi connectivity index (χ2v) is 7.18. The largest absolute Gasteiger partial charge is 0.478 e. The van der Waals surface area contributed by atoms with Crippen LogP contribution in [0.25, 0.3) is 0 Å². The van der Waals surface area contributed by atoms with Crippen molar-refractivity contribution in [2.75, 3.05) is 29.5 Å². The van der Waals surface area contributed by atoms with Crippen molar-refractivity contribution in [1.82, 2.24) is 0 Å². The fourth-order valence-corrected chi connectivity index (χ4v) is 3.42. The molecule has 0 unspecified atom stereocenters. The van der Waals surface area contributed by atoms with Gasteiger partial charge in [0.15, 0.2) is 9.84 Å². The van der Waals surface area contributed by atoms with Gasteiger partial charge in [-0.2, -0.15) is 0 Å². The number of rotatable bonds is 2. The van der Waals surface area contributed by atoms with Crippen LogP contribution in [0.2, 0.25) is 0 Å². The van der Waals surface area contributed by atoms with Crippen molar-refractivity contribution in [3.05, 3.63) is 28.8 Å². The number of hydrogen-bond donors (Lipinski definition) is 1. The zero-order chi connectivity index (χ0) is 14.2. The average Bonchev–Trinajstić information content (AvgIpc) is 2.32. The standard InChI is InChI=1S/C13H17NO4S/c1-9-7-11(8-12(10(9)2)13(15)16)14-3-5-19(17,18)6-4-14/h7-8H,3-6H2,1-2H3,(H,15,16). The maximum absolute atomic E-state index is 11.4. The Morgan fingerprint density at radius 3 is 2.32 bits per heavy atom. The Bertz CT molecular complexity index is 608. The minimum atomic E-state index is -2.93. The average molecular weight is 283 g/mol. The molecule has 1 aliphatic heterocycles. The Labute approximate surface area is 112 Å².